The van der Waals surface area contributed by atoms with Crippen LogP contribution in [0.5, 0.6) is 0 Å². The van der Waals surface area contributed by atoms with Crippen molar-refractivity contribution in [1.82, 2.24) is 4.98 Å². The maximum atomic E-state index is 4.27. The third kappa shape index (κ3) is 4.35. The first kappa shape index (κ1) is 15.7. The fourth-order valence-corrected chi connectivity index (χ4v) is 1.74. The first-order valence-electron chi connectivity index (χ1n) is 6.04. The lowest BCUT2D eigenvalue weighted by Crippen LogP contribution is -2.07. The van der Waals surface area contributed by atoms with Crippen molar-refractivity contribution >= 4 is 41.8 Å². The van der Waals surface area contributed by atoms with E-state index in [1.54, 1.807) is 0 Å². The molecule has 100 valence electrons. The molecule has 0 radical (unpaired) electrons. The molecule has 0 amide bonds. The summed E-state index contributed by atoms with van der Waals surface area (Å²) >= 11 is 0. The maximum absolute atomic E-state index is 4.27. The molecule has 1 aromatic carbocycles. The molecule has 2 aromatic rings. The van der Waals surface area contributed by atoms with Crippen molar-refractivity contribution in [2.24, 2.45) is 0 Å². The molecule has 0 aliphatic heterocycles. The van der Waals surface area contributed by atoms with E-state index in [1.807, 2.05) is 33.3 Å². The second-order valence-electron chi connectivity index (χ2n) is 4.50. The lowest BCUT2D eigenvalue weighted by molar-refractivity contribution is 1.13. The summed E-state index contributed by atoms with van der Waals surface area (Å²) in [5.74, 6) is 0. The van der Waals surface area contributed by atoms with E-state index in [4.69, 9.17) is 0 Å². The van der Waals surface area contributed by atoms with Gasteiger partial charge >= 0.3 is 0 Å². The van der Waals surface area contributed by atoms with Gasteiger partial charge in [-0.15, -0.1) is 24.0 Å². The summed E-state index contributed by atoms with van der Waals surface area (Å²) < 4.78 is 0. The number of hydrogen-bond acceptors (Lipinski definition) is 2. The molecule has 1 heterocycles. The Hall–Kier alpha value is -1.36. The third-order valence-corrected chi connectivity index (χ3v) is 2.91. The van der Waals surface area contributed by atoms with Crippen LogP contribution in [-0.4, -0.2) is 19.1 Å². The van der Waals surface area contributed by atoms with Crippen molar-refractivity contribution in [2.75, 3.05) is 19.0 Å². The van der Waals surface area contributed by atoms with Crippen LogP contribution in [0.1, 0.15) is 16.8 Å². The largest absolute Gasteiger partial charge is 0.378 e. The standard InChI is InChI=1S/C16H18N2.HI/c1-13-15(5-4-12-17-13)9-6-14-7-10-16(11-8-14)18(2)3;/h4-12H,1-3H3;1H. The van der Waals surface area contributed by atoms with Gasteiger partial charge in [0.05, 0.1) is 0 Å². The lowest BCUT2D eigenvalue weighted by Gasteiger charge is -2.11. The Balaban J connectivity index is 0.00000180. The summed E-state index contributed by atoms with van der Waals surface area (Å²) in [4.78, 5) is 6.37. The molecule has 0 aliphatic carbocycles. The van der Waals surface area contributed by atoms with Gasteiger partial charge in [0.15, 0.2) is 0 Å². The van der Waals surface area contributed by atoms with Gasteiger partial charge in [0.25, 0.3) is 0 Å². The van der Waals surface area contributed by atoms with Crippen LogP contribution in [0.25, 0.3) is 12.2 Å². The van der Waals surface area contributed by atoms with Gasteiger partial charge in [0.1, 0.15) is 0 Å². The summed E-state index contributed by atoms with van der Waals surface area (Å²) in [5, 5.41) is 0. The fourth-order valence-electron chi connectivity index (χ4n) is 1.74. The number of rotatable bonds is 3. The summed E-state index contributed by atoms with van der Waals surface area (Å²) in [6.07, 6.45) is 6.04. The zero-order valence-corrected chi connectivity index (χ0v) is 13.8. The van der Waals surface area contributed by atoms with Crippen LogP contribution in [0.3, 0.4) is 0 Å². The number of halogens is 1. The van der Waals surface area contributed by atoms with Gasteiger partial charge in [-0.25, -0.2) is 0 Å². The van der Waals surface area contributed by atoms with Crippen molar-refractivity contribution in [3.63, 3.8) is 0 Å². The van der Waals surface area contributed by atoms with E-state index < -0.39 is 0 Å². The molecule has 0 bridgehead atoms. The van der Waals surface area contributed by atoms with Gasteiger partial charge in [-0.2, -0.15) is 0 Å². The molecule has 0 fully saturated rings. The minimum absolute atomic E-state index is 0. The van der Waals surface area contributed by atoms with E-state index in [2.05, 4.69) is 52.4 Å². The number of aryl methyl sites for hydroxylation is 1. The van der Waals surface area contributed by atoms with Crippen molar-refractivity contribution in [2.45, 2.75) is 6.92 Å². The zero-order valence-electron chi connectivity index (χ0n) is 11.5. The molecule has 0 N–H and O–H groups in total. The zero-order chi connectivity index (χ0) is 13.0. The van der Waals surface area contributed by atoms with Crippen LogP contribution < -0.4 is 4.90 Å². The van der Waals surface area contributed by atoms with Gasteiger partial charge in [-0.3, -0.25) is 4.98 Å². The SMILES string of the molecule is Cc1ncccc1C=Cc1ccc(N(C)C)cc1.I. The molecule has 0 saturated carbocycles. The second-order valence-corrected chi connectivity index (χ2v) is 4.50. The highest BCUT2D eigenvalue weighted by atomic mass is 127. The predicted molar refractivity (Wildman–Crippen MR) is 94.1 cm³/mol. The number of pyridine rings is 1. The second kappa shape index (κ2) is 7.28. The first-order chi connectivity index (χ1) is 8.66. The molecule has 19 heavy (non-hydrogen) atoms. The van der Waals surface area contributed by atoms with Crippen molar-refractivity contribution in [3.8, 4) is 0 Å². The number of anilines is 1. The van der Waals surface area contributed by atoms with Crippen LogP contribution >= 0.6 is 24.0 Å². The Morgan fingerprint density at radius 2 is 1.68 bits per heavy atom. The van der Waals surface area contributed by atoms with Crippen molar-refractivity contribution < 1.29 is 0 Å². The Morgan fingerprint density at radius 3 is 2.26 bits per heavy atom. The van der Waals surface area contributed by atoms with E-state index >= 15 is 0 Å². The minimum Gasteiger partial charge on any atom is -0.378 e. The summed E-state index contributed by atoms with van der Waals surface area (Å²) in [6, 6.07) is 12.5. The Labute approximate surface area is 132 Å². The van der Waals surface area contributed by atoms with Gasteiger partial charge < -0.3 is 4.90 Å². The Bertz CT molecular complexity index is 545. The highest BCUT2D eigenvalue weighted by Gasteiger charge is 1.95. The van der Waals surface area contributed by atoms with E-state index in [0.29, 0.717) is 0 Å². The van der Waals surface area contributed by atoms with Crippen LogP contribution in [-0.2, 0) is 0 Å². The average Bonchev–Trinajstić information content (AvgIpc) is 2.38. The quantitative estimate of drug-likeness (QED) is 0.756. The predicted octanol–water partition coefficient (Wildman–Crippen LogP) is 4.24. The van der Waals surface area contributed by atoms with Crippen molar-refractivity contribution in [1.29, 1.82) is 0 Å². The van der Waals surface area contributed by atoms with Crippen molar-refractivity contribution in [3.05, 3.63) is 59.4 Å². The normalized spacial score (nSPS) is 10.3. The van der Waals surface area contributed by atoms with Gasteiger partial charge in [-0.05, 0) is 36.2 Å². The van der Waals surface area contributed by atoms with Gasteiger partial charge in [0.2, 0.25) is 0 Å². The Kier molecular flexibility index (Phi) is 6.02. The molecule has 2 rings (SSSR count). The monoisotopic (exact) mass is 366 g/mol. The molecular formula is C16H19IN2. The van der Waals surface area contributed by atoms with Gasteiger partial charge in [0, 0.05) is 31.7 Å². The summed E-state index contributed by atoms with van der Waals surface area (Å²) in [5.41, 5.74) is 4.63. The Morgan fingerprint density at radius 1 is 1.00 bits per heavy atom. The highest BCUT2D eigenvalue weighted by Crippen LogP contribution is 2.15. The molecule has 0 unspecified atom stereocenters. The summed E-state index contributed by atoms with van der Waals surface area (Å²) in [7, 11) is 4.09. The van der Waals surface area contributed by atoms with Crippen LogP contribution in [0.15, 0.2) is 42.6 Å². The number of aromatic nitrogens is 1. The van der Waals surface area contributed by atoms with E-state index in [-0.39, 0.29) is 24.0 Å². The fraction of sp³-hybridized carbons (Fsp3) is 0.188. The van der Waals surface area contributed by atoms with E-state index in [0.717, 1.165) is 11.3 Å². The van der Waals surface area contributed by atoms with E-state index in [9.17, 15) is 0 Å². The minimum atomic E-state index is 0. The van der Waals surface area contributed by atoms with Crippen LogP contribution in [0.2, 0.25) is 0 Å². The molecule has 0 atom stereocenters. The third-order valence-electron chi connectivity index (χ3n) is 2.91. The molecule has 0 aliphatic rings. The summed E-state index contributed by atoms with van der Waals surface area (Å²) in [6.45, 7) is 2.02. The topological polar surface area (TPSA) is 16.1 Å². The highest BCUT2D eigenvalue weighted by molar-refractivity contribution is 14.0. The molecule has 1 aromatic heterocycles. The molecule has 0 saturated heterocycles. The van der Waals surface area contributed by atoms with E-state index in [1.165, 1.54) is 11.3 Å². The maximum Gasteiger partial charge on any atom is 0.0444 e. The van der Waals surface area contributed by atoms with Crippen LogP contribution in [0.4, 0.5) is 5.69 Å². The number of nitrogens with zero attached hydrogens (tertiary/aromatic N) is 2. The number of hydrogen-bond donors (Lipinski definition) is 0. The van der Waals surface area contributed by atoms with Gasteiger partial charge in [-0.1, -0.05) is 30.4 Å². The smallest absolute Gasteiger partial charge is 0.0444 e. The number of benzene rings is 1. The molecular weight excluding hydrogens is 347 g/mol. The average molecular weight is 366 g/mol. The first-order valence-corrected chi connectivity index (χ1v) is 6.04. The molecule has 2 nitrogen and oxygen atoms in total. The molecule has 3 heteroatoms. The van der Waals surface area contributed by atoms with Crippen LogP contribution in [0, 0.1) is 6.92 Å². The molecule has 0 spiro atoms. The lowest BCUT2D eigenvalue weighted by atomic mass is 10.1.